The number of amides is 2. The second-order valence-electron chi connectivity index (χ2n) is 6.96. The van der Waals surface area contributed by atoms with Gasteiger partial charge < -0.3 is 19.6 Å². The van der Waals surface area contributed by atoms with Gasteiger partial charge in [-0.15, -0.1) is 0 Å². The Balaban J connectivity index is 1.88. The molecule has 2 amide bonds. The topological polar surface area (TPSA) is 47.1 Å². The number of anilines is 1. The highest BCUT2D eigenvalue weighted by molar-refractivity contribution is 5.88. The summed E-state index contributed by atoms with van der Waals surface area (Å²) in [4.78, 5) is 32.7. The van der Waals surface area contributed by atoms with E-state index in [1.165, 1.54) is 0 Å². The number of benzene rings is 1. The lowest BCUT2D eigenvalue weighted by Crippen LogP contribution is -2.59. The average molecular weight is 346 g/mol. The van der Waals surface area contributed by atoms with Crippen LogP contribution in [-0.2, 0) is 9.59 Å². The fraction of sp³-hybridized carbons (Fsp3) is 0.579. The molecular formula is C19H30N4O2. The third kappa shape index (κ3) is 5.19. The summed E-state index contributed by atoms with van der Waals surface area (Å²) in [5.41, 5.74) is 1.15. The predicted octanol–water partition coefficient (Wildman–Crippen LogP) is 1.13. The van der Waals surface area contributed by atoms with Gasteiger partial charge in [0, 0.05) is 59.4 Å². The molecule has 6 heteroatoms. The maximum Gasteiger partial charge on any atom is 0.246 e. The van der Waals surface area contributed by atoms with E-state index in [1.807, 2.05) is 32.3 Å². The molecule has 1 heterocycles. The molecule has 0 aromatic heterocycles. The largest absolute Gasteiger partial charge is 0.375 e. The molecule has 1 atom stereocenters. The molecule has 1 aliphatic heterocycles. The Morgan fingerprint density at radius 2 is 1.80 bits per heavy atom. The molecule has 0 bridgehead atoms. The highest BCUT2D eigenvalue weighted by Gasteiger charge is 2.34. The summed E-state index contributed by atoms with van der Waals surface area (Å²) < 4.78 is 0. The van der Waals surface area contributed by atoms with Gasteiger partial charge in [-0.05, 0) is 25.6 Å². The summed E-state index contributed by atoms with van der Waals surface area (Å²) in [5, 5.41) is 0. The standard InChI is InChI=1S/C19H30N4O2/c1-20(2)19(25)17-15-21(3)13-14-23(17)18(24)11-8-12-22(4)16-9-6-5-7-10-16/h5-7,9-10,17H,8,11-15H2,1-4H3. The number of carbonyl (C=O) groups excluding carboxylic acids is 2. The summed E-state index contributed by atoms with van der Waals surface area (Å²) in [7, 11) is 7.52. The Kier molecular flexibility index (Phi) is 6.82. The smallest absolute Gasteiger partial charge is 0.246 e. The molecule has 1 aromatic carbocycles. The number of carbonyl (C=O) groups is 2. The monoisotopic (exact) mass is 346 g/mol. The van der Waals surface area contributed by atoms with Crippen molar-refractivity contribution in [1.82, 2.24) is 14.7 Å². The Hall–Kier alpha value is -2.08. The molecule has 0 spiro atoms. The number of hydrogen-bond acceptors (Lipinski definition) is 4. The van der Waals surface area contributed by atoms with Gasteiger partial charge in [-0.25, -0.2) is 0 Å². The summed E-state index contributed by atoms with van der Waals surface area (Å²) in [6.07, 6.45) is 1.25. The van der Waals surface area contributed by atoms with E-state index in [4.69, 9.17) is 0 Å². The number of piperazine rings is 1. The van der Waals surface area contributed by atoms with Crippen LogP contribution >= 0.6 is 0 Å². The van der Waals surface area contributed by atoms with E-state index < -0.39 is 0 Å². The van der Waals surface area contributed by atoms with Crippen LogP contribution in [0.3, 0.4) is 0 Å². The first-order valence-corrected chi connectivity index (χ1v) is 8.85. The molecule has 138 valence electrons. The molecule has 1 saturated heterocycles. The van der Waals surface area contributed by atoms with E-state index >= 15 is 0 Å². The van der Waals surface area contributed by atoms with Gasteiger partial charge in [0.25, 0.3) is 0 Å². The Morgan fingerprint density at radius 1 is 1.12 bits per heavy atom. The fourth-order valence-corrected chi connectivity index (χ4v) is 3.15. The maximum absolute atomic E-state index is 12.7. The van der Waals surface area contributed by atoms with Crippen molar-refractivity contribution in [3.05, 3.63) is 30.3 Å². The van der Waals surface area contributed by atoms with E-state index in [0.29, 0.717) is 19.5 Å². The van der Waals surface area contributed by atoms with Gasteiger partial charge in [-0.1, -0.05) is 18.2 Å². The van der Waals surface area contributed by atoms with Gasteiger partial charge in [-0.2, -0.15) is 0 Å². The molecule has 1 aliphatic rings. The fourth-order valence-electron chi connectivity index (χ4n) is 3.15. The van der Waals surface area contributed by atoms with E-state index in [-0.39, 0.29) is 17.9 Å². The first-order chi connectivity index (χ1) is 11.9. The van der Waals surface area contributed by atoms with Crippen LogP contribution in [0, 0.1) is 0 Å². The number of rotatable bonds is 6. The third-order valence-electron chi connectivity index (χ3n) is 4.71. The number of likely N-dealkylation sites (N-methyl/N-ethyl adjacent to an activating group) is 2. The van der Waals surface area contributed by atoms with Crippen LogP contribution in [0.5, 0.6) is 0 Å². The highest BCUT2D eigenvalue weighted by Crippen LogP contribution is 2.15. The first-order valence-electron chi connectivity index (χ1n) is 8.85. The number of para-hydroxylation sites is 1. The summed E-state index contributed by atoms with van der Waals surface area (Å²) in [6, 6.07) is 9.78. The molecule has 0 radical (unpaired) electrons. The minimum atomic E-state index is -0.367. The van der Waals surface area contributed by atoms with Crippen molar-refractivity contribution in [3.63, 3.8) is 0 Å². The van der Waals surface area contributed by atoms with E-state index in [1.54, 1.807) is 23.9 Å². The second-order valence-corrected chi connectivity index (χ2v) is 6.96. The number of nitrogens with zero attached hydrogens (tertiary/aromatic N) is 4. The maximum atomic E-state index is 12.7. The van der Waals surface area contributed by atoms with Crippen molar-refractivity contribution in [1.29, 1.82) is 0 Å². The van der Waals surface area contributed by atoms with Gasteiger partial charge in [0.15, 0.2) is 0 Å². The minimum absolute atomic E-state index is 0.00121. The van der Waals surface area contributed by atoms with Gasteiger partial charge in [0.1, 0.15) is 6.04 Å². The zero-order valence-electron chi connectivity index (χ0n) is 15.8. The van der Waals surface area contributed by atoms with Crippen LogP contribution < -0.4 is 4.90 Å². The SMILES string of the molecule is CN1CCN(C(=O)CCCN(C)c2ccccc2)C(C(=O)N(C)C)C1. The predicted molar refractivity (Wildman–Crippen MR) is 101 cm³/mol. The van der Waals surface area contributed by atoms with Gasteiger partial charge in [0.05, 0.1) is 0 Å². The van der Waals surface area contributed by atoms with Crippen LogP contribution in [0.4, 0.5) is 5.69 Å². The van der Waals surface area contributed by atoms with Crippen molar-refractivity contribution < 1.29 is 9.59 Å². The van der Waals surface area contributed by atoms with E-state index in [2.05, 4.69) is 21.9 Å². The quantitative estimate of drug-likeness (QED) is 0.775. The van der Waals surface area contributed by atoms with Crippen LogP contribution in [0.15, 0.2) is 30.3 Å². The highest BCUT2D eigenvalue weighted by atomic mass is 16.2. The molecular weight excluding hydrogens is 316 g/mol. The second kappa shape index (κ2) is 8.85. The lowest BCUT2D eigenvalue weighted by Gasteiger charge is -2.40. The molecule has 2 rings (SSSR count). The van der Waals surface area contributed by atoms with Crippen molar-refractivity contribution in [2.75, 3.05) is 59.3 Å². The Morgan fingerprint density at radius 3 is 2.44 bits per heavy atom. The van der Waals surface area contributed by atoms with Crippen molar-refractivity contribution in [2.24, 2.45) is 0 Å². The molecule has 0 aliphatic carbocycles. The van der Waals surface area contributed by atoms with E-state index in [0.717, 1.165) is 25.2 Å². The molecule has 0 N–H and O–H groups in total. The Bertz CT molecular complexity index is 576. The van der Waals surface area contributed by atoms with Crippen LogP contribution in [0.2, 0.25) is 0 Å². The first kappa shape index (κ1) is 19.2. The van der Waals surface area contributed by atoms with E-state index in [9.17, 15) is 9.59 Å². The van der Waals surface area contributed by atoms with Crippen molar-refractivity contribution in [2.45, 2.75) is 18.9 Å². The van der Waals surface area contributed by atoms with Gasteiger partial charge in [0.2, 0.25) is 11.8 Å². The zero-order valence-corrected chi connectivity index (χ0v) is 15.8. The molecule has 0 saturated carbocycles. The van der Waals surface area contributed by atoms with Gasteiger partial charge >= 0.3 is 0 Å². The zero-order chi connectivity index (χ0) is 18.4. The molecule has 1 aromatic rings. The normalized spacial score (nSPS) is 18.1. The lowest BCUT2D eigenvalue weighted by atomic mass is 10.1. The average Bonchev–Trinajstić information content (AvgIpc) is 2.61. The minimum Gasteiger partial charge on any atom is -0.375 e. The summed E-state index contributed by atoms with van der Waals surface area (Å²) >= 11 is 0. The van der Waals surface area contributed by atoms with Crippen LogP contribution in [0.1, 0.15) is 12.8 Å². The Labute approximate surface area is 151 Å². The lowest BCUT2D eigenvalue weighted by molar-refractivity contribution is -0.147. The van der Waals surface area contributed by atoms with Gasteiger partial charge in [-0.3, -0.25) is 9.59 Å². The van der Waals surface area contributed by atoms with Crippen LogP contribution in [-0.4, -0.2) is 86.9 Å². The van der Waals surface area contributed by atoms with Crippen LogP contribution in [0.25, 0.3) is 0 Å². The van der Waals surface area contributed by atoms with Crippen molar-refractivity contribution >= 4 is 17.5 Å². The summed E-state index contributed by atoms with van der Waals surface area (Å²) in [5.74, 6) is 0.0797. The molecule has 25 heavy (non-hydrogen) atoms. The third-order valence-corrected chi connectivity index (χ3v) is 4.71. The summed E-state index contributed by atoms with van der Waals surface area (Å²) in [6.45, 7) is 2.85. The molecule has 6 nitrogen and oxygen atoms in total. The van der Waals surface area contributed by atoms with Crippen molar-refractivity contribution in [3.8, 4) is 0 Å². The number of hydrogen-bond donors (Lipinski definition) is 0. The molecule has 1 fully saturated rings. The molecule has 1 unspecified atom stereocenters.